The van der Waals surface area contributed by atoms with Crippen LogP contribution in [0.15, 0.2) is 17.4 Å². The van der Waals surface area contributed by atoms with Gasteiger partial charge in [-0.15, -0.1) is 11.8 Å². The quantitative estimate of drug-likeness (QED) is 0.724. The monoisotopic (exact) mass is 228 g/mol. The van der Waals surface area contributed by atoms with Crippen LogP contribution in [-0.2, 0) is 0 Å². The van der Waals surface area contributed by atoms with Crippen molar-refractivity contribution in [1.29, 1.82) is 0 Å². The van der Waals surface area contributed by atoms with Crippen molar-refractivity contribution in [2.45, 2.75) is 42.4 Å². The van der Waals surface area contributed by atoms with E-state index in [2.05, 4.69) is 9.97 Å². The summed E-state index contributed by atoms with van der Waals surface area (Å²) in [6, 6.07) is 1.85. The van der Waals surface area contributed by atoms with Gasteiger partial charge in [-0.05, 0) is 12.8 Å². The molecule has 1 fully saturated rings. The lowest BCUT2D eigenvalue weighted by Crippen LogP contribution is -2.07. The van der Waals surface area contributed by atoms with Gasteiger partial charge >= 0.3 is 0 Å². The van der Waals surface area contributed by atoms with E-state index in [1.54, 1.807) is 0 Å². The largest absolute Gasteiger partial charge is 0.230 e. The van der Waals surface area contributed by atoms with Crippen LogP contribution in [0.4, 0.5) is 0 Å². The van der Waals surface area contributed by atoms with E-state index < -0.39 is 0 Å². The molecule has 0 aliphatic heterocycles. The van der Waals surface area contributed by atoms with E-state index in [1.807, 2.05) is 17.8 Å². The highest BCUT2D eigenvalue weighted by molar-refractivity contribution is 7.99. The lowest BCUT2D eigenvalue weighted by Gasteiger charge is -2.20. The van der Waals surface area contributed by atoms with Gasteiger partial charge in [0.2, 0.25) is 0 Å². The Morgan fingerprint density at radius 1 is 1.21 bits per heavy atom. The summed E-state index contributed by atoms with van der Waals surface area (Å²) in [5.41, 5.74) is 0. The SMILES string of the molecule is Clc1cc(SC2CCCCC2)ncn1. The molecule has 0 spiro atoms. The van der Waals surface area contributed by atoms with E-state index >= 15 is 0 Å². The standard InChI is InChI=1S/C10H13ClN2S/c11-9-6-10(13-7-12-9)14-8-4-2-1-3-5-8/h6-8H,1-5H2. The summed E-state index contributed by atoms with van der Waals surface area (Å²) in [6.45, 7) is 0. The van der Waals surface area contributed by atoms with Gasteiger partial charge in [-0.3, -0.25) is 0 Å². The normalized spacial score (nSPS) is 18.4. The summed E-state index contributed by atoms with van der Waals surface area (Å²) in [5, 5.41) is 2.28. The van der Waals surface area contributed by atoms with Crippen molar-refractivity contribution < 1.29 is 0 Å². The van der Waals surface area contributed by atoms with E-state index in [-0.39, 0.29) is 0 Å². The molecule has 76 valence electrons. The van der Waals surface area contributed by atoms with Crippen LogP contribution in [0.2, 0.25) is 5.15 Å². The Morgan fingerprint density at radius 2 is 2.00 bits per heavy atom. The van der Waals surface area contributed by atoms with Crippen molar-refractivity contribution >= 4 is 23.4 Å². The molecule has 1 heterocycles. The fourth-order valence-corrected chi connectivity index (χ4v) is 3.15. The highest BCUT2D eigenvalue weighted by Gasteiger charge is 2.15. The van der Waals surface area contributed by atoms with Crippen molar-refractivity contribution in [3.8, 4) is 0 Å². The van der Waals surface area contributed by atoms with Gasteiger partial charge in [-0.2, -0.15) is 0 Å². The van der Waals surface area contributed by atoms with Crippen LogP contribution in [0.5, 0.6) is 0 Å². The van der Waals surface area contributed by atoms with Gasteiger partial charge in [0.25, 0.3) is 0 Å². The van der Waals surface area contributed by atoms with Crippen LogP contribution >= 0.6 is 23.4 Å². The van der Waals surface area contributed by atoms with Gasteiger partial charge in [0.05, 0.1) is 0 Å². The van der Waals surface area contributed by atoms with Crippen LogP contribution in [0, 0.1) is 0 Å². The lowest BCUT2D eigenvalue weighted by atomic mass is 10.0. The molecule has 0 atom stereocenters. The van der Waals surface area contributed by atoms with Gasteiger partial charge in [0.15, 0.2) is 0 Å². The molecule has 2 nitrogen and oxygen atoms in total. The predicted molar refractivity (Wildman–Crippen MR) is 59.8 cm³/mol. The molecule has 0 N–H and O–H groups in total. The Labute approximate surface area is 93.5 Å². The van der Waals surface area contributed by atoms with E-state index in [9.17, 15) is 0 Å². The fraction of sp³-hybridized carbons (Fsp3) is 0.600. The van der Waals surface area contributed by atoms with Gasteiger partial charge in [-0.1, -0.05) is 30.9 Å². The molecule has 0 saturated heterocycles. The van der Waals surface area contributed by atoms with Gasteiger partial charge in [0, 0.05) is 11.3 Å². The molecule has 4 heteroatoms. The Hall–Kier alpha value is -0.280. The maximum absolute atomic E-state index is 5.80. The second kappa shape index (κ2) is 4.99. The van der Waals surface area contributed by atoms with Crippen molar-refractivity contribution in [1.82, 2.24) is 9.97 Å². The molecule has 1 aliphatic carbocycles. The van der Waals surface area contributed by atoms with Crippen LogP contribution in [0.1, 0.15) is 32.1 Å². The number of nitrogens with zero attached hydrogens (tertiary/aromatic N) is 2. The zero-order valence-electron chi connectivity index (χ0n) is 7.95. The van der Waals surface area contributed by atoms with Gasteiger partial charge < -0.3 is 0 Å². The van der Waals surface area contributed by atoms with Crippen molar-refractivity contribution in [2.24, 2.45) is 0 Å². The number of aromatic nitrogens is 2. The van der Waals surface area contributed by atoms with Crippen molar-refractivity contribution in [3.05, 3.63) is 17.5 Å². The smallest absolute Gasteiger partial charge is 0.133 e. The first-order chi connectivity index (χ1) is 6.84. The number of halogens is 1. The highest BCUT2D eigenvalue weighted by Crippen LogP contribution is 2.32. The molecule has 1 saturated carbocycles. The Bertz CT molecular complexity index is 300. The summed E-state index contributed by atoms with van der Waals surface area (Å²) in [5.74, 6) is 0. The van der Waals surface area contributed by atoms with Gasteiger partial charge in [-0.25, -0.2) is 9.97 Å². The predicted octanol–water partition coefficient (Wildman–Crippen LogP) is 3.55. The minimum Gasteiger partial charge on any atom is -0.230 e. The third kappa shape index (κ3) is 2.85. The summed E-state index contributed by atoms with van der Waals surface area (Å²) < 4.78 is 0. The molecular formula is C10H13ClN2S. The zero-order chi connectivity index (χ0) is 9.80. The number of hydrogen-bond acceptors (Lipinski definition) is 3. The topological polar surface area (TPSA) is 25.8 Å². The van der Waals surface area contributed by atoms with E-state index in [4.69, 9.17) is 11.6 Å². The van der Waals surface area contributed by atoms with Crippen LogP contribution in [-0.4, -0.2) is 15.2 Å². The maximum atomic E-state index is 5.80. The molecule has 1 aromatic rings. The fourth-order valence-electron chi connectivity index (χ4n) is 1.74. The third-order valence-corrected chi connectivity index (χ3v) is 3.92. The van der Waals surface area contributed by atoms with Crippen LogP contribution in [0.25, 0.3) is 0 Å². The highest BCUT2D eigenvalue weighted by atomic mass is 35.5. The summed E-state index contributed by atoms with van der Waals surface area (Å²) in [6.07, 6.45) is 8.26. The lowest BCUT2D eigenvalue weighted by molar-refractivity contribution is 0.515. The summed E-state index contributed by atoms with van der Waals surface area (Å²) in [7, 11) is 0. The summed E-state index contributed by atoms with van der Waals surface area (Å²) >= 11 is 7.64. The summed E-state index contributed by atoms with van der Waals surface area (Å²) in [4.78, 5) is 8.07. The van der Waals surface area contributed by atoms with Gasteiger partial charge in [0.1, 0.15) is 16.5 Å². The first-order valence-electron chi connectivity index (χ1n) is 4.99. The Morgan fingerprint density at radius 3 is 2.71 bits per heavy atom. The Balaban J connectivity index is 1.95. The van der Waals surface area contributed by atoms with Crippen LogP contribution in [0.3, 0.4) is 0 Å². The van der Waals surface area contributed by atoms with E-state index in [1.165, 1.54) is 38.4 Å². The van der Waals surface area contributed by atoms with E-state index in [0.29, 0.717) is 5.15 Å². The number of hydrogen-bond donors (Lipinski definition) is 0. The molecule has 0 unspecified atom stereocenters. The number of rotatable bonds is 2. The molecule has 0 amide bonds. The molecule has 2 rings (SSSR count). The first kappa shape index (κ1) is 10.2. The molecule has 1 aromatic heterocycles. The average Bonchev–Trinajstić information content (AvgIpc) is 2.19. The maximum Gasteiger partial charge on any atom is 0.133 e. The van der Waals surface area contributed by atoms with Crippen molar-refractivity contribution in [3.63, 3.8) is 0 Å². The minimum atomic E-state index is 0.540. The van der Waals surface area contributed by atoms with Crippen LogP contribution < -0.4 is 0 Å². The Kier molecular flexibility index (Phi) is 3.65. The zero-order valence-corrected chi connectivity index (χ0v) is 9.52. The number of thioether (sulfide) groups is 1. The average molecular weight is 229 g/mol. The molecule has 1 aliphatic rings. The molecular weight excluding hydrogens is 216 g/mol. The molecule has 0 aromatic carbocycles. The molecule has 0 bridgehead atoms. The van der Waals surface area contributed by atoms with Crippen molar-refractivity contribution in [2.75, 3.05) is 0 Å². The second-order valence-electron chi connectivity index (χ2n) is 3.56. The second-order valence-corrected chi connectivity index (χ2v) is 5.26. The third-order valence-electron chi connectivity index (χ3n) is 2.45. The molecule has 14 heavy (non-hydrogen) atoms. The van der Waals surface area contributed by atoms with E-state index in [0.717, 1.165) is 10.3 Å². The first-order valence-corrected chi connectivity index (χ1v) is 6.24. The molecule has 0 radical (unpaired) electrons. The minimum absolute atomic E-state index is 0.540.